The first-order valence-corrected chi connectivity index (χ1v) is 5.59. The van der Waals surface area contributed by atoms with Gasteiger partial charge in [-0.25, -0.2) is 9.97 Å². The predicted molar refractivity (Wildman–Crippen MR) is 61.4 cm³/mol. The molecule has 0 amide bonds. The van der Waals surface area contributed by atoms with Crippen molar-refractivity contribution in [1.82, 2.24) is 9.97 Å². The fourth-order valence-corrected chi connectivity index (χ4v) is 1.34. The third kappa shape index (κ3) is 3.71. The third-order valence-corrected chi connectivity index (χ3v) is 2.70. The van der Waals surface area contributed by atoms with Gasteiger partial charge in [-0.1, -0.05) is 18.5 Å². The van der Waals surface area contributed by atoms with Gasteiger partial charge in [0.05, 0.1) is 12.1 Å². The maximum atomic E-state index is 12.5. The van der Waals surface area contributed by atoms with Gasteiger partial charge in [-0.3, -0.25) is 0 Å². The molecule has 0 radical (unpaired) electrons. The quantitative estimate of drug-likeness (QED) is 0.834. The first kappa shape index (κ1) is 15.0. The van der Waals surface area contributed by atoms with Crippen molar-refractivity contribution < 1.29 is 18.3 Å². The molecule has 0 aliphatic rings. The van der Waals surface area contributed by atoms with Gasteiger partial charge >= 0.3 is 6.18 Å². The lowest BCUT2D eigenvalue weighted by molar-refractivity contribution is -0.144. The summed E-state index contributed by atoms with van der Waals surface area (Å²) in [7, 11) is 0. The molecule has 1 aromatic heterocycles. The molecule has 0 bridgehead atoms. The maximum absolute atomic E-state index is 12.5. The van der Waals surface area contributed by atoms with Crippen molar-refractivity contribution in [1.29, 1.82) is 0 Å². The second-order valence-corrected chi connectivity index (χ2v) is 4.48. The highest BCUT2D eigenvalue weighted by molar-refractivity contribution is 6.29. The Morgan fingerprint density at radius 1 is 1.39 bits per heavy atom. The highest BCUT2D eigenvalue weighted by atomic mass is 35.5. The first-order chi connectivity index (χ1) is 8.20. The van der Waals surface area contributed by atoms with Crippen LogP contribution in [0.5, 0.6) is 0 Å². The second-order valence-electron chi connectivity index (χ2n) is 4.09. The largest absolute Gasteiger partial charge is 0.451 e. The maximum Gasteiger partial charge on any atom is 0.451 e. The zero-order valence-electron chi connectivity index (χ0n) is 9.85. The first-order valence-electron chi connectivity index (χ1n) is 5.21. The van der Waals surface area contributed by atoms with Crippen LogP contribution in [0.1, 0.15) is 26.1 Å². The van der Waals surface area contributed by atoms with E-state index < -0.39 is 17.5 Å². The summed E-state index contributed by atoms with van der Waals surface area (Å²) in [5.74, 6) is -1.38. The molecule has 0 aliphatic carbocycles. The number of aliphatic hydroxyl groups is 1. The van der Waals surface area contributed by atoms with Crippen molar-refractivity contribution >= 4 is 17.4 Å². The van der Waals surface area contributed by atoms with Crippen molar-refractivity contribution in [2.75, 3.05) is 11.9 Å². The summed E-state index contributed by atoms with van der Waals surface area (Å²) in [6, 6.07) is 1.18. The molecule has 8 heteroatoms. The molecule has 2 N–H and O–H groups in total. The van der Waals surface area contributed by atoms with E-state index in [1.165, 1.54) is 6.07 Å². The van der Waals surface area contributed by atoms with E-state index in [0.717, 1.165) is 0 Å². The minimum atomic E-state index is -4.66. The highest BCUT2D eigenvalue weighted by Gasteiger charge is 2.35. The zero-order valence-corrected chi connectivity index (χ0v) is 10.6. The van der Waals surface area contributed by atoms with Crippen LogP contribution in [0.2, 0.25) is 5.15 Å². The number of halogens is 4. The molecule has 0 saturated carbocycles. The predicted octanol–water partition coefficient (Wildman–Crippen LogP) is 2.72. The Labute approximate surface area is 107 Å². The Hall–Kier alpha value is -1.08. The molecule has 102 valence electrons. The van der Waals surface area contributed by atoms with Gasteiger partial charge in [-0.2, -0.15) is 13.2 Å². The molecule has 0 saturated heterocycles. The lowest BCUT2D eigenvalue weighted by Gasteiger charge is -2.28. The number of alkyl halides is 3. The van der Waals surface area contributed by atoms with Crippen LogP contribution in [0.25, 0.3) is 0 Å². The molecule has 4 nitrogen and oxygen atoms in total. The molecule has 0 fully saturated rings. The van der Waals surface area contributed by atoms with E-state index in [4.69, 9.17) is 11.6 Å². The number of nitrogens with zero attached hydrogens (tertiary/aromatic N) is 2. The number of hydrogen-bond donors (Lipinski definition) is 2. The number of hydrogen-bond acceptors (Lipinski definition) is 4. The number of rotatable bonds is 4. The van der Waals surface area contributed by atoms with Gasteiger partial charge in [0, 0.05) is 6.07 Å². The molecule has 1 unspecified atom stereocenters. The Balaban J connectivity index is 3.08. The molecule has 1 rings (SSSR count). The molecule has 1 aromatic rings. The summed E-state index contributed by atoms with van der Waals surface area (Å²) in [6.07, 6.45) is -4.16. The smallest absolute Gasteiger partial charge is 0.394 e. The minimum absolute atomic E-state index is 0.0688. The Morgan fingerprint density at radius 2 is 2.00 bits per heavy atom. The van der Waals surface area contributed by atoms with Gasteiger partial charge in [-0.15, -0.1) is 0 Å². The van der Waals surface area contributed by atoms with Gasteiger partial charge in [0.25, 0.3) is 0 Å². The normalized spacial score (nSPS) is 15.3. The minimum Gasteiger partial charge on any atom is -0.394 e. The summed E-state index contributed by atoms with van der Waals surface area (Å²) in [5, 5.41) is 11.6. The number of anilines is 1. The monoisotopic (exact) mass is 283 g/mol. The summed E-state index contributed by atoms with van der Waals surface area (Å²) in [5.41, 5.74) is -0.763. The van der Waals surface area contributed by atoms with Crippen LogP contribution in [0, 0.1) is 0 Å². The Kier molecular flexibility index (Phi) is 4.39. The van der Waals surface area contributed by atoms with Crippen LogP contribution in [-0.4, -0.2) is 27.2 Å². The van der Waals surface area contributed by atoms with E-state index in [1.807, 2.05) is 0 Å². The van der Waals surface area contributed by atoms with Gasteiger partial charge in [-0.05, 0) is 13.3 Å². The van der Waals surface area contributed by atoms with Crippen molar-refractivity contribution in [3.63, 3.8) is 0 Å². The molecular formula is C10H13ClF3N3O. The van der Waals surface area contributed by atoms with E-state index in [2.05, 4.69) is 15.3 Å². The molecule has 0 spiro atoms. The fourth-order valence-electron chi connectivity index (χ4n) is 1.16. The highest BCUT2D eigenvalue weighted by Crippen LogP contribution is 2.29. The van der Waals surface area contributed by atoms with Gasteiger partial charge in [0.2, 0.25) is 5.82 Å². The number of aromatic nitrogens is 2. The van der Waals surface area contributed by atoms with E-state index in [-0.39, 0.29) is 17.6 Å². The summed E-state index contributed by atoms with van der Waals surface area (Å²) in [6.45, 7) is 3.21. The van der Waals surface area contributed by atoms with E-state index in [9.17, 15) is 18.3 Å². The summed E-state index contributed by atoms with van der Waals surface area (Å²) < 4.78 is 37.5. The van der Waals surface area contributed by atoms with E-state index in [1.54, 1.807) is 13.8 Å². The van der Waals surface area contributed by atoms with Crippen molar-refractivity contribution in [2.45, 2.75) is 32.0 Å². The van der Waals surface area contributed by atoms with Gasteiger partial charge in [0.1, 0.15) is 11.0 Å². The van der Waals surface area contributed by atoms with Crippen LogP contribution in [0.3, 0.4) is 0 Å². The Morgan fingerprint density at radius 3 is 2.44 bits per heavy atom. The van der Waals surface area contributed by atoms with Gasteiger partial charge < -0.3 is 10.4 Å². The Bertz CT molecular complexity index is 421. The lowest BCUT2D eigenvalue weighted by atomic mass is 10.0. The molecule has 0 aliphatic heterocycles. The van der Waals surface area contributed by atoms with Gasteiger partial charge in [0.15, 0.2) is 0 Å². The number of nitrogens with one attached hydrogen (secondary N) is 1. The van der Waals surface area contributed by atoms with Crippen LogP contribution in [0.15, 0.2) is 6.07 Å². The SMILES string of the molecule is CCC(C)(CO)Nc1cc(Cl)nc(C(F)(F)F)n1. The molecule has 0 aromatic carbocycles. The molecular weight excluding hydrogens is 271 g/mol. The number of aliphatic hydroxyl groups excluding tert-OH is 1. The standard InChI is InChI=1S/C10H13ClF3N3O/c1-3-9(2,5-18)17-7-4-6(11)15-8(16-7)10(12,13)14/h4,18H,3,5H2,1-2H3,(H,15,16,17). The topological polar surface area (TPSA) is 58.0 Å². The van der Waals surface area contributed by atoms with Crippen molar-refractivity contribution in [3.8, 4) is 0 Å². The lowest BCUT2D eigenvalue weighted by Crippen LogP contribution is -2.38. The second kappa shape index (κ2) is 5.27. The van der Waals surface area contributed by atoms with Crippen molar-refractivity contribution in [3.05, 3.63) is 17.0 Å². The molecule has 18 heavy (non-hydrogen) atoms. The van der Waals surface area contributed by atoms with Crippen LogP contribution < -0.4 is 5.32 Å². The molecule has 1 heterocycles. The van der Waals surface area contributed by atoms with Crippen molar-refractivity contribution in [2.24, 2.45) is 0 Å². The zero-order chi connectivity index (χ0) is 14.0. The van der Waals surface area contributed by atoms with E-state index in [0.29, 0.717) is 6.42 Å². The third-order valence-electron chi connectivity index (χ3n) is 2.51. The fraction of sp³-hybridized carbons (Fsp3) is 0.600. The van der Waals surface area contributed by atoms with Crippen LogP contribution in [0.4, 0.5) is 19.0 Å². The van der Waals surface area contributed by atoms with Crippen LogP contribution in [-0.2, 0) is 6.18 Å². The van der Waals surface area contributed by atoms with E-state index >= 15 is 0 Å². The average Bonchev–Trinajstić information content (AvgIpc) is 2.27. The molecule has 1 atom stereocenters. The summed E-state index contributed by atoms with van der Waals surface area (Å²) in [4.78, 5) is 6.46. The van der Waals surface area contributed by atoms with Crippen LogP contribution >= 0.6 is 11.6 Å². The average molecular weight is 284 g/mol. The summed E-state index contributed by atoms with van der Waals surface area (Å²) >= 11 is 5.52.